The fourth-order valence-electron chi connectivity index (χ4n) is 3.39. The van der Waals surface area contributed by atoms with Crippen LogP contribution in [0.1, 0.15) is 56.9 Å². The van der Waals surface area contributed by atoms with E-state index in [1.54, 1.807) is 6.08 Å². The maximum absolute atomic E-state index is 12.4. The Morgan fingerprint density at radius 3 is 2.63 bits per heavy atom. The fraction of sp³-hybridized carbons (Fsp3) is 0.476. The lowest BCUT2D eigenvalue weighted by Crippen LogP contribution is -2.41. The number of carboxylic acids is 1. The summed E-state index contributed by atoms with van der Waals surface area (Å²) in [6.07, 6.45) is 12.1. The van der Waals surface area contributed by atoms with Crippen molar-refractivity contribution in [3.05, 3.63) is 53.5 Å². The summed E-state index contributed by atoms with van der Waals surface area (Å²) in [5.41, 5.74) is 0.854. The molecule has 0 saturated heterocycles. The number of sulfonamides is 1. The standard InChI is InChI=1S/C21H29NO4S/c23-21(24)15-7-2-1-6-12-19-13-8-9-14-20(19)22-27(25,26)17-16-18-10-4-3-5-11-18/h1,3-6,10-11,16-17,19-20,22H,2,7-9,12-15H2,(H,23,24)/t19-,20?/m0/s1. The summed E-state index contributed by atoms with van der Waals surface area (Å²) < 4.78 is 27.7. The van der Waals surface area contributed by atoms with Crippen LogP contribution in [0.4, 0.5) is 0 Å². The molecular formula is C21H29NO4S. The Kier molecular flexibility index (Phi) is 8.75. The number of carbonyl (C=O) groups is 1. The largest absolute Gasteiger partial charge is 0.481 e. The molecule has 0 amide bonds. The van der Waals surface area contributed by atoms with Gasteiger partial charge in [0.05, 0.1) is 0 Å². The van der Waals surface area contributed by atoms with Gasteiger partial charge in [0.2, 0.25) is 10.0 Å². The molecule has 27 heavy (non-hydrogen) atoms. The first-order chi connectivity index (χ1) is 13.0. The third kappa shape index (κ3) is 8.54. The van der Waals surface area contributed by atoms with Crippen LogP contribution in [0.25, 0.3) is 6.08 Å². The van der Waals surface area contributed by atoms with Gasteiger partial charge in [0.1, 0.15) is 0 Å². The molecule has 0 aromatic heterocycles. The second-order valence-corrected chi connectivity index (χ2v) is 8.62. The Labute approximate surface area is 162 Å². The summed E-state index contributed by atoms with van der Waals surface area (Å²) in [4.78, 5) is 10.5. The number of aliphatic carboxylic acids is 1. The van der Waals surface area contributed by atoms with Gasteiger partial charge in [0.25, 0.3) is 0 Å². The molecule has 5 nitrogen and oxygen atoms in total. The lowest BCUT2D eigenvalue weighted by Gasteiger charge is -2.31. The predicted octanol–water partition coefficient (Wildman–Crippen LogP) is 4.34. The maximum atomic E-state index is 12.4. The monoisotopic (exact) mass is 391 g/mol. The molecule has 1 aliphatic rings. The molecule has 1 saturated carbocycles. The Morgan fingerprint density at radius 2 is 1.89 bits per heavy atom. The van der Waals surface area contributed by atoms with Gasteiger partial charge in [-0.2, -0.15) is 0 Å². The van der Waals surface area contributed by atoms with Gasteiger partial charge in [0.15, 0.2) is 0 Å². The third-order valence-electron chi connectivity index (χ3n) is 4.83. The Balaban J connectivity index is 1.87. The highest BCUT2D eigenvalue weighted by Gasteiger charge is 2.27. The summed E-state index contributed by atoms with van der Waals surface area (Å²) in [5.74, 6) is -0.483. The number of benzene rings is 1. The highest BCUT2D eigenvalue weighted by molar-refractivity contribution is 7.92. The molecule has 1 aromatic carbocycles. The van der Waals surface area contributed by atoms with Crippen molar-refractivity contribution < 1.29 is 18.3 Å². The molecule has 1 aliphatic carbocycles. The number of hydrogen-bond acceptors (Lipinski definition) is 3. The van der Waals surface area contributed by atoms with Crippen LogP contribution in [0.2, 0.25) is 0 Å². The molecule has 0 radical (unpaired) electrons. The molecule has 0 aliphatic heterocycles. The average molecular weight is 392 g/mol. The van der Waals surface area contributed by atoms with E-state index in [2.05, 4.69) is 10.8 Å². The normalized spacial score (nSPS) is 21.0. The number of rotatable bonds is 10. The molecule has 0 heterocycles. The van der Waals surface area contributed by atoms with E-state index >= 15 is 0 Å². The van der Waals surface area contributed by atoms with Gasteiger partial charge in [-0.05, 0) is 49.7 Å². The number of hydrogen-bond donors (Lipinski definition) is 2. The van der Waals surface area contributed by atoms with Crippen LogP contribution < -0.4 is 4.72 Å². The van der Waals surface area contributed by atoms with E-state index in [4.69, 9.17) is 5.11 Å². The minimum absolute atomic E-state index is 0.0483. The van der Waals surface area contributed by atoms with E-state index in [1.165, 1.54) is 5.41 Å². The average Bonchev–Trinajstić information content (AvgIpc) is 2.64. The zero-order chi connectivity index (χ0) is 19.5. The van der Waals surface area contributed by atoms with Crippen LogP contribution in [0.3, 0.4) is 0 Å². The van der Waals surface area contributed by atoms with Crippen LogP contribution in [0.5, 0.6) is 0 Å². The van der Waals surface area contributed by atoms with Crippen LogP contribution >= 0.6 is 0 Å². The Hall–Kier alpha value is -1.92. The summed E-state index contributed by atoms with van der Waals surface area (Å²) in [5, 5.41) is 9.88. The molecule has 148 valence electrons. The number of nitrogens with one attached hydrogen (secondary N) is 1. The highest BCUT2D eigenvalue weighted by atomic mass is 32.2. The van der Waals surface area contributed by atoms with Crippen LogP contribution in [-0.2, 0) is 14.8 Å². The molecule has 6 heteroatoms. The second kappa shape index (κ2) is 11.0. The number of allylic oxidation sites excluding steroid dienone is 2. The van der Waals surface area contributed by atoms with E-state index in [0.717, 1.165) is 44.1 Å². The molecule has 1 aromatic rings. The van der Waals surface area contributed by atoms with Crippen molar-refractivity contribution in [2.75, 3.05) is 0 Å². The zero-order valence-electron chi connectivity index (χ0n) is 15.6. The molecule has 2 rings (SSSR count). The Bertz CT molecular complexity index is 741. The SMILES string of the molecule is O=C(O)CCCC=CC[C@H]1CCCCC1NS(=O)(=O)C=Cc1ccccc1. The molecule has 0 spiro atoms. The van der Waals surface area contributed by atoms with Gasteiger partial charge in [-0.3, -0.25) is 4.79 Å². The molecule has 1 fully saturated rings. The second-order valence-electron chi connectivity index (χ2n) is 7.02. The van der Waals surface area contributed by atoms with Crippen molar-refractivity contribution in [2.45, 2.75) is 57.4 Å². The van der Waals surface area contributed by atoms with Crippen LogP contribution in [-0.4, -0.2) is 25.5 Å². The first-order valence-corrected chi connectivity index (χ1v) is 11.1. The molecule has 0 bridgehead atoms. The maximum Gasteiger partial charge on any atom is 0.303 e. The van der Waals surface area contributed by atoms with Crippen molar-refractivity contribution in [1.82, 2.24) is 4.72 Å². The van der Waals surface area contributed by atoms with Gasteiger partial charge >= 0.3 is 5.97 Å². The summed E-state index contributed by atoms with van der Waals surface area (Å²) >= 11 is 0. The minimum Gasteiger partial charge on any atom is -0.481 e. The minimum atomic E-state index is -3.48. The summed E-state index contributed by atoms with van der Waals surface area (Å²) in [6.45, 7) is 0. The van der Waals surface area contributed by atoms with Crippen LogP contribution in [0.15, 0.2) is 47.9 Å². The van der Waals surface area contributed by atoms with Crippen molar-refractivity contribution in [1.29, 1.82) is 0 Å². The quantitative estimate of drug-likeness (QED) is 0.459. The van der Waals surface area contributed by atoms with E-state index in [-0.39, 0.29) is 18.4 Å². The predicted molar refractivity (Wildman–Crippen MR) is 109 cm³/mol. The first kappa shape index (κ1) is 21.4. The Morgan fingerprint density at radius 1 is 1.15 bits per heavy atom. The fourth-order valence-corrected chi connectivity index (χ4v) is 4.53. The van der Waals surface area contributed by atoms with E-state index < -0.39 is 16.0 Å². The van der Waals surface area contributed by atoms with Crippen molar-refractivity contribution in [3.63, 3.8) is 0 Å². The molecular weight excluding hydrogens is 362 g/mol. The van der Waals surface area contributed by atoms with Crippen molar-refractivity contribution in [2.24, 2.45) is 5.92 Å². The van der Waals surface area contributed by atoms with E-state index in [0.29, 0.717) is 6.42 Å². The van der Waals surface area contributed by atoms with Gasteiger partial charge in [-0.1, -0.05) is 55.3 Å². The smallest absolute Gasteiger partial charge is 0.303 e. The van der Waals surface area contributed by atoms with Gasteiger partial charge in [-0.15, -0.1) is 0 Å². The third-order valence-corrected chi connectivity index (χ3v) is 5.96. The highest BCUT2D eigenvalue weighted by Crippen LogP contribution is 2.28. The molecule has 2 N–H and O–H groups in total. The van der Waals surface area contributed by atoms with Crippen molar-refractivity contribution >= 4 is 22.1 Å². The van der Waals surface area contributed by atoms with Gasteiger partial charge < -0.3 is 5.11 Å². The lowest BCUT2D eigenvalue weighted by atomic mass is 9.83. The lowest BCUT2D eigenvalue weighted by molar-refractivity contribution is -0.137. The molecule has 2 atom stereocenters. The summed E-state index contributed by atoms with van der Waals surface area (Å²) in [7, 11) is -3.48. The van der Waals surface area contributed by atoms with Crippen LogP contribution in [0, 0.1) is 5.92 Å². The first-order valence-electron chi connectivity index (χ1n) is 9.58. The van der Waals surface area contributed by atoms with E-state index in [9.17, 15) is 13.2 Å². The van der Waals surface area contributed by atoms with E-state index in [1.807, 2.05) is 36.4 Å². The number of unbranched alkanes of at least 4 members (excludes halogenated alkanes) is 1. The van der Waals surface area contributed by atoms with Crippen molar-refractivity contribution in [3.8, 4) is 0 Å². The topological polar surface area (TPSA) is 83.5 Å². The zero-order valence-corrected chi connectivity index (χ0v) is 16.4. The van der Waals surface area contributed by atoms with Gasteiger partial charge in [0, 0.05) is 17.9 Å². The van der Waals surface area contributed by atoms with Gasteiger partial charge in [-0.25, -0.2) is 13.1 Å². The number of carboxylic acid groups (broad SMARTS) is 1. The summed E-state index contributed by atoms with van der Waals surface area (Å²) in [6, 6.07) is 9.33. The molecule has 1 unspecified atom stereocenters.